The zero-order chi connectivity index (χ0) is 11.9. The van der Waals surface area contributed by atoms with E-state index in [9.17, 15) is 0 Å². The number of unbranched alkanes of at least 4 members (excludes halogenated alkanes) is 7. The first-order valence-electron chi connectivity index (χ1n) is 7.01. The summed E-state index contributed by atoms with van der Waals surface area (Å²) in [6.45, 7) is 6.09. The molecule has 0 N–H and O–H groups in total. The number of rotatable bonds is 11. The summed E-state index contributed by atoms with van der Waals surface area (Å²) in [7, 11) is 0. The van der Waals surface area contributed by atoms with Crippen LogP contribution in [0, 0.1) is 6.92 Å². The van der Waals surface area contributed by atoms with Gasteiger partial charge >= 0.3 is 0 Å². The molecule has 0 unspecified atom stereocenters. The molecule has 0 saturated carbocycles. The van der Waals surface area contributed by atoms with E-state index >= 15 is 0 Å². The van der Waals surface area contributed by atoms with Gasteiger partial charge in [-0.3, -0.25) is 0 Å². The van der Waals surface area contributed by atoms with Crippen molar-refractivity contribution in [3.05, 3.63) is 31.2 Å². The number of hydrogen-bond donors (Lipinski definition) is 0. The van der Waals surface area contributed by atoms with E-state index in [1.54, 1.807) is 0 Å². The third-order valence-electron chi connectivity index (χ3n) is 2.68. The molecule has 0 aliphatic heterocycles. The molecule has 0 rings (SSSR count). The molecule has 0 fully saturated rings. The standard InChI is InChI=1S/C16H29/c1-3-5-7-9-11-13-15-16-14-12-10-8-6-4-2/h11-14H,1,3-10,15-16H2,2H3. The van der Waals surface area contributed by atoms with Gasteiger partial charge in [-0.25, -0.2) is 0 Å². The van der Waals surface area contributed by atoms with Gasteiger partial charge in [-0.05, 0) is 38.5 Å². The van der Waals surface area contributed by atoms with E-state index in [1.807, 2.05) is 0 Å². The number of allylic oxidation sites excluding steroid dienone is 4. The molecular formula is C16H29. The zero-order valence-electron chi connectivity index (χ0n) is 11.1. The molecule has 0 aromatic heterocycles. The predicted molar refractivity (Wildman–Crippen MR) is 75.5 cm³/mol. The fourth-order valence-electron chi connectivity index (χ4n) is 1.62. The van der Waals surface area contributed by atoms with Crippen molar-refractivity contribution in [2.75, 3.05) is 0 Å². The van der Waals surface area contributed by atoms with Gasteiger partial charge in [-0.2, -0.15) is 0 Å². The molecule has 0 atom stereocenters. The van der Waals surface area contributed by atoms with Crippen LogP contribution in [-0.2, 0) is 0 Å². The Morgan fingerprint density at radius 3 is 1.69 bits per heavy atom. The van der Waals surface area contributed by atoms with E-state index in [0.29, 0.717) is 0 Å². The molecule has 0 amide bonds. The van der Waals surface area contributed by atoms with Crippen molar-refractivity contribution in [3.8, 4) is 0 Å². The van der Waals surface area contributed by atoms with Gasteiger partial charge in [0, 0.05) is 0 Å². The Morgan fingerprint density at radius 2 is 1.19 bits per heavy atom. The second-order valence-electron chi connectivity index (χ2n) is 4.37. The quantitative estimate of drug-likeness (QED) is 0.303. The summed E-state index contributed by atoms with van der Waals surface area (Å²) in [5, 5.41) is 0. The first kappa shape index (κ1) is 15.5. The maximum Gasteiger partial charge on any atom is -0.0316 e. The molecule has 0 spiro atoms. The monoisotopic (exact) mass is 221 g/mol. The van der Waals surface area contributed by atoms with Gasteiger partial charge in [0.2, 0.25) is 0 Å². The SMILES string of the molecule is [CH2]CCCCC=CCCC=CCCCCC. The second kappa shape index (κ2) is 14.5. The third-order valence-corrected chi connectivity index (χ3v) is 2.68. The molecule has 0 heterocycles. The second-order valence-corrected chi connectivity index (χ2v) is 4.37. The van der Waals surface area contributed by atoms with E-state index in [2.05, 4.69) is 38.2 Å². The van der Waals surface area contributed by atoms with Crippen LogP contribution in [0.4, 0.5) is 0 Å². The van der Waals surface area contributed by atoms with Gasteiger partial charge in [-0.15, -0.1) is 0 Å². The first-order chi connectivity index (χ1) is 7.91. The Hall–Kier alpha value is -0.520. The Balaban J connectivity index is 3.12. The van der Waals surface area contributed by atoms with E-state index in [-0.39, 0.29) is 0 Å². The maximum absolute atomic E-state index is 3.84. The highest BCUT2D eigenvalue weighted by Crippen LogP contribution is 2.03. The van der Waals surface area contributed by atoms with Crippen LogP contribution in [-0.4, -0.2) is 0 Å². The predicted octanol–water partition coefficient (Wildman–Crippen LogP) is 5.85. The van der Waals surface area contributed by atoms with Crippen LogP contribution < -0.4 is 0 Å². The van der Waals surface area contributed by atoms with Crippen LogP contribution in [0.25, 0.3) is 0 Å². The van der Waals surface area contributed by atoms with Crippen molar-refractivity contribution >= 4 is 0 Å². The van der Waals surface area contributed by atoms with Crippen LogP contribution in [0.3, 0.4) is 0 Å². The van der Waals surface area contributed by atoms with Crippen LogP contribution >= 0.6 is 0 Å². The van der Waals surface area contributed by atoms with Gasteiger partial charge in [0.1, 0.15) is 0 Å². The minimum atomic E-state index is 1.08. The van der Waals surface area contributed by atoms with Crippen molar-refractivity contribution in [1.29, 1.82) is 0 Å². The van der Waals surface area contributed by atoms with Gasteiger partial charge in [0.25, 0.3) is 0 Å². The maximum atomic E-state index is 3.84. The normalized spacial score (nSPS) is 11.9. The molecule has 1 radical (unpaired) electrons. The van der Waals surface area contributed by atoms with Gasteiger partial charge in [0.05, 0.1) is 0 Å². The van der Waals surface area contributed by atoms with Gasteiger partial charge in [-0.1, -0.05) is 63.8 Å². The van der Waals surface area contributed by atoms with Crippen molar-refractivity contribution < 1.29 is 0 Å². The Morgan fingerprint density at radius 1 is 0.688 bits per heavy atom. The van der Waals surface area contributed by atoms with Crippen LogP contribution in [0.5, 0.6) is 0 Å². The molecule has 16 heavy (non-hydrogen) atoms. The van der Waals surface area contributed by atoms with E-state index in [4.69, 9.17) is 0 Å². The average Bonchev–Trinajstić information content (AvgIpc) is 2.31. The molecule has 0 aliphatic rings. The van der Waals surface area contributed by atoms with Crippen molar-refractivity contribution in [3.63, 3.8) is 0 Å². The highest BCUT2D eigenvalue weighted by atomic mass is 13.9. The first-order valence-corrected chi connectivity index (χ1v) is 7.01. The molecule has 0 saturated heterocycles. The summed E-state index contributed by atoms with van der Waals surface area (Å²) in [6, 6.07) is 0. The van der Waals surface area contributed by atoms with Crippen LogP contribution in [0.1, 0.15) is 71.1 Å². The molecule has 0 aromatic rings. The summed E-state index contributed by atoms with van der Waals surface area (Å²) >= 11 is 0. The zero-order valence-corrected chi connectivity index (χ0v) is 11.1. The summed E-state index contributed by atoms with van der Waals surface area (Å²) in [5.41, 5.74) is 0. The fraction of sp³-hybridized carbons (Fsp3) is 0.688. The largest absolute Gasteiger partial charge is 0.0885 e. The summed E-state index contributed by atoms with van der Waals surface area (Å²) in [5.74, 6) is 0. The van der Waals surface area contributed by atoms with Gasteiger partial charge in [0.15, 0.2) is 0 Å². The van der Waals surface area contributed by atoms with Crippen molar-refractivity contribution in [2.45, 2.75) is 71.1 Å². The summed E-state index contributed by atoms with van der Waals surface area (Å²) in [6.07, 6.45) is 21.9. The Bertz CT molecular complexity index is 145. The summed E-state index contributed by atoms with van der Waals surface area (Å²) < 4.78 is 0. The molecule has 0 aromatic carbocycles. The molecule has 0 aliphatic carbocycles. The van der Waals surface area contributed by atoms with Crippen molar-refractivity contribution in [1.82, 2.24) is 0 Å². The smallest absolute Gasteiger partial charge is 0.0316 e. The third kappa shape index (κ3) is 13.5. The minimum absolute atomic E-state index is 1.08. The van der Waals surface area contributed by atoms with E-state index in [0.717, 1.165) is 6.42 Å². The lowest BCUT2D eigenvalue weighted by molar-refractivity contribution is 0.728. The number of hydrogen-bond acceptors (Lipinski definition) is 0. The molecule has 0 nitrogen and oxygen atoms in total. The minimum Gasteiger partial charge on any atom is -0.0885 e. The van der Waals surface area contributed by atoms with E-state index < -0.39 is 0 Å². The lowest BCUT2D eigenvalue weighted by atomic mass is 10.1. The van der Waals surface area contributed by atoms with Crippen LogP contribution in [0.15, 0.2) is 24.3 Å². The van der Waals surface area contributed by atoms with E-state index in [1.165, 1.54) is 57.8 Å². The molecule has 0 bridgehead atoms. The highest BCUT2D eigenvalue weighted by molar-refractivity contribution is 4.88. The fourth-order valence-corrected chi connectivity index (χ4v) is 1.62. The van der Waals surface area contributed by atoms with Gasteiger partial charge < -0.3 is 0 Å². The molecular weight excluding hydrogens is 192 g/mol. The average molecular weight is 221 g/mol. The molecule has 93 valence electrons. The van der Waals surface area contributed by atoms with Crippen molar-refractivity contribution in [2.24, 2.45) is 0 Å². The Labute approximate surface area is 103 Å². The lowest BCUT2D eigenvalue weighted by Gasteiger charge is -1.92. The molecule has 0 heteroatoms. The Kier molecular flexibility index (Phi) is 14.0. The van der Waals surface area contributed by atoms with Crippen LogP contribution in [0.2, 0.25) is 0 Å². The highest BCUT2D eigenvalue weighted by Gasteiger charge is 1.83. The summed E-state index contributed by atoms with van der Waals surface area (Å²) in [4.78, 5) is 0. The topological polar surface area (TPSA) is 0 Å². The lowest BCUT2D eigenvalue weighted by Crippen LogP contribution is -1.72.